The van der Waals surface area contributed by atoms with Crippen molar-refractivity contribution in [3.8, 4) is 0 Å². The predicted octanol–water partition coefficient (Wildman–Crippen LogP) is 3.55. The van der Waals surface area contributed by atoms with Gasteiger partial charge in [0.2, 0.25) is 5.91 Å². The minimum Gasteiger partial charge on any atom is -0.341 e. The number of non-ortho nitro benzene ring substituents is 1. The summed E-state index contributed by atoms with van der Waals surface area (Å²) in [6.07, 6.45) is 5.10. The van der Waals surface area contributed by atoms with E-state index in [9.17, 15) is 14.9 Å². The Morgan fingerprint density at radius 3 is 2.60 bits per heavy atom. The molecular weight excluding hydrogens is 365 g/mol. The molecule has 2 heterocycles. The fraction of sp³-hybridized carbons (Fsp3) is 0.588. The molecule has 6 nitrogen and oxygen atoms in total. The number of nitrogens with zero attached hydrogens (tertiary/aromatic N) is 2. The van der Waals surface area contributed by atoms with Gasteiger partial charge in [0.25, 0.3) is 5.69 Å². The van der Waals surface area contributed by atoms with E-state index in [0.29, 0.717) is 35.0 Å². The minimum absolute atomic E-state index is 0. The van der Waals surface area contributed by atoms with Gasteiger partial charge in [-0.25, -0.2) is 0 Å². The average Bonchev–Trinajstić information content (AvgIpc) is 2.87. The Kier molecular flexibility index (Phi) is 6.65. The molecular formula is C17H23Cl2N3O3. The van der Waals surface area contributed by atoms with E-state index in [1.165, 1.54) is 31.0 Å². The van der Waals surface area contributed by atoms with Crippen LogP contribution in [0.1, 0.15) is 37.7 Å². The molecule has 0 radical (unpaired) electrons. The number of nitrogens with one attached hydrogen (secondary N) is 1. The van der Waals surface area contributed by atoms with Crippen LogP contribution in [-0.2, 0) is 11.3 Å². The highest BCUT2D eigenvalue weighted by molar-refractivity contribution is 6.31. The Labute approximate surface area is 158 Å². The number of carbonyl (C=O) groups is 1. The van der Waals surface area contributed by atoms with Crippen molar-refractivity contribution >= 4 is 35.6 Å². The van der Waals surface area contributed by atoms with E-state index >= 15 is 0 Å². The van der Waals surface area contributed by atoms with E-state index in [2.05, 4.69) is 5.32 Å². The van der Waals surface area contributed by atoms with Crippen LogP contribution in [0.3, 0.4) is 0 Å². The van der Waals surface area contributed by atoms with Gasteiger partial charge in [-0.2, -0.15) is 0 Å². The van der Waals surface area contributed by atoms with Gasteiger partial charge >= 0.3 is 0 Å². The first kappa shape index (κ1) is 19.9. The molecule has 0 saturated carbocycles. The summed E-state index contributed by atoms with van der Waals surface area (Å²) < 4.78 is 0. The maximum atomic E-state index is 12.5. The second kappa shape index (κ2) is 8.34. The van der Waals surface area contributed by atoms with Crippen LogP contribution in [0.5, 0.6) is 0 Å². The topological polar surface area (TPSA) is 75.5 Å². The van der Waals surface area contributed by atoms with Gasteiger partial charge in [-0.3, -0.25) is 14.9 Å². The maximum absolute atomic E-state index is 12.5. The summed E-state index contributed by atoms with van der Waals surface area (Å²) in [6, 6.07) is 5.46. The zero-order chi connectivity index (χ0) is 17.3. The van der Waals surface area contributed by atoms with Gasteiger partial charge in [0.1, 0.15) is 0 Å². The SMILES string of the molecule is CN(Cc1cc([N+](=O)[O-])ccc1Cl)C(=O)CC1CC2CCC(C1)N2.Cl. The number of fused-ring (bicyclic) bond motifs is 2. The van der Waals surface area contributed by atoms with E-state index in [4.69, 9.17) is 11.6 Å². The molecule has 0 aliphatic carbocycles. The van der Waals surface area contributed by atoms with Crippen LogP contribution < -0.4 is 5.32 Å². The van der Waals surface area contributed by atoms with Crippen LogP contribution in [0.15, 0.2) is 18.2 Å². The van der Waals surface area contributed by atoms with Gasteiger partial charge in [0.05, 0.1) is 4.92 Å². The molecule has 138 valence electrons. The molecule has 1 aromatic carbocycles. The zero-order valence-electron chi connectivity index (χ0n) is 14.1. The van der Waals surface area contributed by atoms with E-state index < -0.39 is 4.92 Å². The number of hydrogen-bond acceptors (Lipinski definition) is 4. The molecule has 0 spiro atoms. The minimum atomic E-state index is -0.452. The van der Waals surface area contributed by atoms with Gasteiger partial charge in [-0.1, -0.05) is 11.6 Å². The molecule has 2 atom stereocenters. The number of halogens is 2. The average molecular weight is 388 g/mol. The first-order valence-electron chi connectivity index (χ1n) is 8.35. The summed E-state index contributed by atoms with van der Waals surface area (Å²) in [5.41, 5.74) is 0.595. The van der Waals surface area contributed by atoms with Crippen molar-refractivity contribution in [3.05, 3.63) is 38.9 Å². The lowest BCUT2D eigenvalue weighted by Crippen LogP contribution is -2.39. The van der Waals surface area contributed by atoms with Crippen molar-refractivity contribution in [1.82, 2.24) is 10.2 Å². The second-order valence-electron chi connectivity index (χ2n) is 6.96. The number of hydrogen-bond donors (Lipinski definition) is 1. The van der Waals surface area contributed by atoms with Crippen molar-refractivity contribution in [2.45, 2.75) is 50.7 Å². The summed E-state index contributed by atoms with van der Waals surface area (Å²) in [6.45, 7) is 0.289. The van der Waals surface area contributed by atoms with E-state index in [1.54, 1.807) is 11.9 Å². The van der Waals surface area contributed by atoms with Gasteiger partial charge in [-0.05, 0) is 43.2 Å². The molecule has 2 saturated heterocycles. The van der Waals surface area contributed by atoms with E-state index in [1.807, 2.05) is 0 Å². The highest BCUT2D eigenvalue weighted by atomic mass is 35.5. The largest absolute Gasteiger partial charge is 0.341 e. The first-order valence-corrected chi connectivity index (χ1v) is 8.73. The van der Waals surface area contributed by atoms with Crippen molar-refractivity contribution in [1.29, 1.82) is 0 Å². The lowest BCUT2D eigenvalue weighted by atomic mass is 9.89. The molecule has 1 N–H and O–H groups in total. The summed E-state index contributed by atoms with van der Waals surface area (Å²) in [5.74, 6) is 0.503. The molecule has 1 aromatic rings. The molecule has 0 aromatic heterocycles. The second-order valence-corrected chi connectivity index (χ2v) is 7.37. The van der Waals surface area contributed by atoms with Crippen LogP contribution >= 0.6 is 24.0 Å². The van der Waals surface area contributed by atoms with Gasteiger partial charge < -0.3 is 10.2 Å². The van der Waals surface area contributed by atoms with Gasteiger partial charge in [0, 0.05) is 49.3 Å². The van der Waals surface area contributed by atoms with Gasteiger partial charge in [0.15, 0.2) is 0 Å². The Morgan fingerprint density at radius 2 is 2.00 bits per heavy atom. The number of piperidine rings is 1. The number of benzene rings is 1. The molecule has 2 aliphatic heterocycles. The summed E-state index contributed by atoms with van der Waals surface area (Å²) in [7, 11) is 1.73. The van der Waals surface area contributed by atoms with Crippen molar-refractivity contribution in [2.75, 3.05) is 7.05 Å². The van der Waals surface area contributed by atoms with Crippen LogP contribution in [0.4, 0.5) is 5.69 Å². The molecule has 1 amide bonds. The quantitative estimate of drug-likeness (QED) is 0.618. The van der Waals surface area contributed by atoms with E-state index in [0.717, 1.165) is 12.8 Å². The highest BCUT2D eigenvalue weighted by Gasteiger charge is 2.34. The van der Waals surface area contributed by atoms with Crippen molar-refractivity contribution < 1.29 is 9.72 Å². The zero-order valence-corrected chi connectivity index (χ0v) is 15.7. The number of nitro benzene ring substituents is 1. The third-order valence-electron chi connectivity index (χ3n) is 5.11. The lowest BCUT2D eigenvalue weighted by Gasteiger charge is -2.30. The monoisotopic (exact) mass is 387 g/mol. The van der Waals surface area contributed by atoms with Crippen LogP contribution in [0.25, 0.3) is 0 Å². The van der Waals surface area contributed by atoms with Crippen LogP contribution in [0.2, 0.25) is 5.02 Å². The number of rotatable bonds is 5. The molecule has 25 heavy (non-hydrogen) atoms. The first-order chi connectivity index (χ1) is 11.4. The fourth-order valence-electron chi connectivity index (χ4n) is 3.88. The number of carbonyl (C=O) groups excluding carboxylic acids is 1. The Hall–Kier alpha value is -1.37. The Bertz CT molecular complexity index is 644. The Balaban J connectivity index is 0.00000225. The summed E-state index contributed by atoms with van der Waals surface area (Å²) in [5, 5.41) is 14.9. The summed E-state index contributed by atoms with van der Waals surface area (Å²) in [4.78, 5) is 24.6. The fourth-order valence-corrected chi connectivity index (χ4v) is 4.06. The third-order valence-corrected chi connectivity index (χ3v) is 5.48. The smallest absolute Gasteiger partial charge is 0.269 e. The molecule has 2 aliphatic rings. The molecule has 3 rings (SSSR count). The van der Waals surface area contributed by atoms with Crippen LogP contribution in [0, 0.1) is 16.0 Å². The third kappa shape index (κ3) is 4.84. The predicted molar refractivity (Wildman–Crippen MR) is 99.1 cm³/mol. The maximum Gasteiger partial charge on any atom is 0.269 e. The van der Waals surface area contributed by atoms with Crippen molar-refractivity contribution in [2.24, 2.45) is 5.92 Å². The van der Waals surface area contributed by atoms with Crippen molar-refractivity contribution in [3.63, 3.8) is 0 Å². The number of nitro groups is 1. The standard InChI is InChI=1S/C17H22ClN3O3.ClH/c1-20(10-12-9-15(21(23)24)4-5-16(12)18)17(22)8-11-6-13-2-3-14(7-11)19-13;/h4-5,9,11,13-14,19H,2-3,6-8,10H2,1H3;1H. The van der Waals surface area contributed by atoms with Gasteiger partial charge in [-0.15, -0.1) is 12.4 Å². The van der Waals surface area contributed by atoms with E-state index in [-0.39, 0.29) is 30.5 Å². The highest BCUT2D eigenvalue weighted by Crippen LogP contribution is 2.33. The van der Waals surface area contributed by atoms with Crippen LogP contribution in [-0.4, -0.2) is 34.9 Å². The summed E-state index contributed by atoms with van der Waals surface area (Å²) >= 11 is 6.12. The normalized spacial score (nSPS) is 24.5. The molecule has 8 heteroatoms. The molecule has 2 unspecified atom stereocenters. The Morgan fingerprint density at radius 1 is 1.36 bits per heavy atom. The molecule has 2 fully saturated rings. The number of amides is 1. The molecule has 2 bridgehead atoms. The lowest BCUT2D eigenvalue weighted by molar-refractivity contribution is -0.384.